The molecule has 5 nitrogen and oxygen atoms in total. The number of hydrogen-bond donors (Lipinski definition) is 1. The Morgan fingerprint density at radius 1 is 1.00 bits per heavy atom. The molecule has 24 heavy (non-hydrogen) atoms. The molecule has 1 aliphatic heterocycles. The van der Waals surface area contributed by atoms with Crippen molar-refractivity contribution >= 4 is 11.8 Å². The zero-order valence-electron chi connectivity index (χ0n) is 13.3. The maximum atomic E-state index is 12.7. The number of pyridine rings is 1. The smallest absolute Gasteiger partial charge is 0.254 e. The number of piperidine rings is 1. The molecule has 2 amide bonds. The summed E-state index contributed by atoms with van der Waals surface area (Å²) in [6.07, 6.45) is 5.19. The van der Waals surface area contributed by atoms with Gasteiger partial charge in [-0.2, -0.15) is 0 Å². The second-order valence-electron chi connectivity index (χ2n) is 6.54. The molecule has 2 aromatic rings. The van der Waals surface area contributed by atoms with Gasteiger partial charge in [-0.3, -0.25) is 14.6 Å². The molecule has 2 heterocycles. The predicted molar refractivity (Wildman–Crippen MR) is 89.5 cm³/mol. The summed E-state index contributed by atoms with van der Waals surface area (Å²) in [5.41, 5.74) is 1.32. The highest BCUT2D eigenvalue weighted by Gasteiger charge is 2.47. The lowest BCUT2D eigenvalue weighted by atomic mass is 10.0. The summed E-state index contributed by atoms with van der Waals surface area (Å²) >= 11 is 0. The topological polar surface area (TPSA) is 62.3 Å². The van der Waals surface area contributed by atoms with Crippen molar-refractivity contribution in [2.24, 2.45) is 5.92 Å². The number of hydrogen-bond acceptors (Lipinski definition) is 3. The van der Waals surface area contributed by atoms with Crippen LogP contribution in [0.25, 0.3) is 0 Å². The molecule has 2 fully saturated rings. The number of fused-ring (bicyclic) bond motifs is 2. The van der Waals surface area contributed by atoms with Gasteiger partial charge in [-0.1, -0.05) is 18.2 Å². The maximum Gasteiger partial charge on any atom is 0.254 e. The number of nitrogens with zero attached hydrogens (tertiary/aromatic N) is 2. The first-order chi connectivity index (χ1) is 11.7. The minimum Gasteiger partial charge on any atom is -0.347 e. The van der Waals surface area contributed by atoms with Crippen molar-refractivity contribution in [3.05, 3.63) is 66.0 Å². The molecule has 122 valence electrons. The average molecular weight is 321 g/mol. The lowest BCUT2D eigenvalue weighted by Crippen LogP contribution is -2.51. The third-order valence-corrected chi connectivity index (χ3v) is 5.02. The Hall–Kier alpha value is -2.69. The third-order valence-electron chi connectivity index (χ3n) is 5.02. The van der Waals surface area contributed by atoms with Crippen molar-refractivity contribution in [3.63, 3.8) is 0 Å². The van der Waals surface area contributed by atoms with E-state index < -0.39 is 0 Å². The van der Waals surface area contributed by atoms with Crippen LogP contribution >= 0.6 is 0 Å². The Morgan fingerprint density at radius 3 is 2.46 bits per heavy atom. The quantitative estimate of drug-likeness (QED) is 0.942. The van der Waals surface area contributed by atoms with Crippen LogP contribution in [0, 0.1) is 5.92 Å². The zero-order chi connectivity index (χ0) is 16.5. The fourth-order valence-electron chi connectivity index (χ4n) is 3.92. The van der Waals surface area contributed by atoms with Crippen LogP contribution in [0.2, 0.25) is 0 Å². The minimum absolute atomic E-state index is 0.0299. The Morgan fingerprint density at radius 2 is 1.75 bits per heavy atom. The number of carbonyl (C=O) groups excluding carboxylic acids is 2. The van der Waals surface area contributed by atoms with Gasteiger partial charge < -0.3 is 10.2 Å². The van der Waals surface area contributed by atoms with E-state index >= 15 is 0 Å². The molecule has 1 aliphatic carbocycles. The van der Waals surface area contributed by atoms with Crippen LogP contribution in [0.15, 0.2) is 54.9 Å². The number of likely N-dealkylation sites (tertiary alicyclic amines) is 1. The second kappa shape index (κ2) is 6.07. The molecular formula is C19H19N3O2. The van der Waals surface area contributed by atoms with E-state index in [9.17, 15) is 9.59 Å². The van der Waals surface area contributed by atoms with Crippen LogP contribution in [0.4, 0.5) is 0 Å². The molecule has 1 aromatic heterocycles. The summed E-state index contributed by atoms with van der Waals surface area (Å²) in [5.74, 6) is 0.440. The number of benzene rings is 1. The van der Waals surface area contributed by atoms with Crippen molar-refractivity contribution in [1.29, 1.82) is 0 Å². The largest absolute Gasteiger partial charge is 0.347 e. The van der Waals surface area contributed by atoms with Crippen LogP contribution < -0.4 is 5.32 Å². The number of rotatable bonds is 3. The van der Waals surface area contributed by atoms with Crippen molar-refractivity contribution in [3.8, 4) is 0 Å². The normalized spacial score (nSPS) is 24.8. The molecule has 2 bridgehead atoms. The number of carbonyl (C=O) groups is 2. The highest BCUT2D eigenvalue weighted by atomic mass is 16.2. The van der Waals surface area contributed by atoms with Crippen molar-refractivity contribution < 1.29 is 9.59 Å². The number of aromatic nitrogens is 1. The summed E-state index contributed by atoms with van der Waals surface area (Å²) in [7, 11) is 0. The number of amides is 2. The van der Waals surface area contributed by atoms with Crippen LogP contribution in [0.1, 0.15) is 33.6 Å². The van der Waals surface area contributed by atoms with E-state index in [1.165, 1.54) is 0 Å². The maximum absolute atomic E-state index is 12.7. The molecule has 0 spiro atoms. The predicted octanol–water partition coefficient (Wildman–Crippen LogP) is 2.11. The fourth-order valence-corrected chi connectivity index (χ4v) is 3.92. The first-order valence-electron chi connectivity index (χ1n) is 8.29. The van der Waals surface area contributed by atoms with Gasteiger partial charge in [0.25, 0.3) is 11.8 Å². The van der Waals surface area contributed by atoms with Crippen LogP contribution in [-0.2, 0) is 0 Å². The zero-order valence-corrected chi connectivity index (χ0v) is 13.3. The summed E-state index contributed by atoms with van der Waals surface area (Å²) in [6, 6.07) is 12.8. The Bertz CT molecular complexity index is 746. The molecule has 1 N–H and O–H groups in total. The van der Waals surface area contributed by atoms with E-state index in [2.05, 4.69) is 10.3 Å². The van der Waals surface area contributed by atoms with E-state index in [4.69, 9.17) is 0 Å². The first kappa shape index (κ1) is 14.9. The van der Waals surface area contributed by atoms with Crippen molar-refractivity contribution in [2.75, 3.05) is 6.54 Å². The molecule has 4 rings (SSSR count). The highest BCUT2D eigenvalue weighted by molar-refractivity contribution is 5.96. The van der Waals surface area contributed by atoms with Crippen molar-refractivity contribution in [1.82, 2.24) is 15.2 Å². The van der Waals surface area contributed by atoms with Gasteiger partial charge in [0.2, 0.25) is 0 Å². The van der Waals surface area contributed by atoms with Crippen LogP contribution in [0.5, 0.6) is 0 Å². The van der Waals surface area contributed by atoms with Gasteiger partial charge in [-0.05, 0) is 43.0 Å². The average Bonchev–Trinajstić information content (AvgIpc) is 3.23. The van der Waals surface area contributed by atoms with Gasteiger partial charge in [-0.15, -0.1) is 0 Å². The molecule has 3 atom stereocenters. The molecule has 1 saturated heterocycles. The molecule has 1 aromatic carbocycles. The highest BCUT2D eigenvalue weighted by Crippen LogP contribution is 2.38. The van der Waals surface area contributed by atoms with Crippen molar-refractivity contribution in [2.45, 2.75) is 24.9 Å². The summed E-state index contributed by atoms with van der Waals surface area (Å²) in [5, 5.41) is 3.12. The summed E-state index contributed by atoms with van der Waals surface area (Å²) < 4.78 is 0. The fraction of sp³-hybridized carbons (Fsp3) is 0.316. The third kappa shape index (κ3) is 2.66. The van der Waals surface area contributed by atoms with Gasteiger partial charge in [0, 0.05) is 36.1 Å². The second-order valence-corrected chi connectivity index (χ2v) is 6.54. The SMILES string of the molecule is O=C(NC1CC2CC1N(C(=O)c1ccncc1)C2)c1ccccc1. The Labute approximate surface area is 140 Å². The molecule has 1 saturated carbocycles. The van der Waals surface area contributed by atoms with Gasteiger partial charge in [0.05, 0.1) is 6.04 Å². The minimum atomic E-state index is -0.0653. The standard InChI is InChI=1S/C19H19N3O2/c23-18(14-4-2-1-3-5-14)21-16-10-13-11-17(16)22(12-13)19(24)15-6-8-20-9-7-15/h1-9,13,16-17H,10-12H2,(H,21,23). The molecule has 2 aliphatic rings. The monoisotopic (exact) mass is 321 g/mol. The summed E-state index contributed by atoms with van der Waals surface area (Å²) in [4.78, 5) is 31.0. The van der Waals surface area contributed by atoms with Gasteiger partial charge in [0.15, 0.2) is 0 Å². The Kier molecular flexibility index (Phi) is 3.76. The molecule has 3 unspecified atom stereocenters. The molecule has 0 radical (unpaired) electrons. The number of nitrogens with one attached hydrogen (secondary N) is 1. The van der Waals surface area contributed by atoms with Gasteiger partial charge >= 0.3 is 0 Å². The van der Waals surface area contributed by atoms with Crippen LogP contribution in [0.3, 0.4) is 0 Å². The lowest BCUT2D eigenvalue weighted by Gasteiger charge is -2.33. The van der Waals surface area contributed by atoms with Gasteiger partial charge in [-0.25, -0.2) is 0 Å². The molecule has 5 heteroatoms. The first-order valence-corrected chi connectivity index (χ1v) is 8.29. The van der Waals surface area contributed by atoms with E-state index in [-0.39, 0.29) is 23.9 Å². The van der Waals surface area contributed by atoms with E-state index in [1.807, 2.05) is 35.2 Å². The summed E-state index contributed by atoms with van der Waals surface area (Å²) in [6.45, 7) is 0.781. The van der Waals surface area contributed by atoms with E-state index in [0.717, 1.165) is 19.4 Å². The molecular weight excluding hydrogens is 302 g/mol. The lowest BCUT2D eigenvalue weighted by molar-refractivity contribution is 0.0648. The van der Waals surface area contributed by atoms with E-state index in [0.29, 0.717) is 17.0 Å². The Balaban J connectivity index is 1.47. The van der Waals surface area contributed by atoms with Crippen LogP contribution in [-0.4, -0.2) is 40.3 Å². The van der Waals surface area contributed by atoms with Gasteiger partial charge in [0.1, 0.15) is 0 Å². The van der Waals surface area contributed by atoms with E-state index in [1.54, 1.807) is 24.5 Å².